The molecule has 128 valence electrons. The molecular weight excluding hydrogens is 314 g/mol. The Morgan fingerprint density at radius 2 is 1.83 bits per heavy atom. The number of nitrogens with one attached hydrogen (secondary N) is 1. The van der Waals surface area contributed by atoms with Crippen molar-refractivity contribution in [2.45, 2.75) is 32.4 Å². The number of carboxylic acids is 2. The summed E-state index contributed by atoms with van der Waals surface area (Å²) in [5, 5.41) is 26.3. The van der Waals surface area contributed by atoms with Crippen LogP contribution >= 0.6 is 0 Å². The average Bonchev–Trinajstić information content (AvgIpc) is 2.98. The predicted octanol–water partition coefficient (Wildman–Crippen LogP) is 0.931. The van der Waals surface area contributed by atoms with E-state index in [1.54, 1.807) is 44.2 Å². The normalized spacial score (nSPS) is 18.2. The molecule has 0 aromatic heterocycles. The third-order valence-electron chi connectivity index (χ3n) is 3.70. The van der Waals surface area contributed by atoms with Gasteiger partial charge in [-0.05, 0) is 18.1 Å². The number of amides is 1. The molecule has 0 bridgehead atoms. The SMILES string of the molecule is CC(C)[C@@H](NC(=O)C1=NN(c2ccccc2)C(C(=O)O)C1)C(=O)O. The molecule has 0 spiro atoms. The highest BCUT2D eigenvalue weighted by Crippen LogP contribution is 2.24. The Morgan fingerprint density at radius 1 is 1.21 bits per heavy atom. The lowest BCUT2D eigenvalue weighted by Crippen LogP contribution is -2.47. The van der Waals surface area contributed by atoms with Gasteiger partial charge in [0.1, 0.15) is 11.8 Å². The largest absolute Gasteiger partial charge is 0.480 e. The molecule has 1 aromatic rings. The minimum Gasteiger partial charge on any atom is -0.480 e. The van der Waals surface area contributed by atoms with Gasteiger partial charge in [-0.25, -0.2) is 9.59 Å². The molecule has 1 aliphatic rings. The van der Waals surface area contributed by atoms with Gasteiger partial charge in [-0.1, -0.05) is 32.0 Å². The van der Waals surface area contributed by atoms with Crippen LogP contribution in [0.2, 0.25) is 0 Å². The molecule has 1 unspecified atom stereocenters. The molecule has 2 rings (SSSR count). The summed E-state index contributed by atoms with van der Waals surface area (Å²) in [5.41, 5.74) is 0.546. The molecule has 24 heavy (non-hydrogen) atoms. The number of anilines is 1. The van der Waals surface area contributed by atoms with Gasteiger partial charge in [0, 0.05) is 6.42 Å². The number of aliphatic carboxylic acids is 2. The highest BCUT2D eigenvalue weighted by Gasteiger charge is 2.37. The van der Waals surface area contributed by atoms with Crippen LogP contribution in [0.5, 0.6) is 0 Å². The van der Waals surface area contributed by atoms with Gasteiger partial charge in [-0.15, -0.1) is 0 Å². The molecule has 8 nitrogen and oxygen atoms in total. The van der Waals surface area contributed by atoms with Crippen molar-refractivity contribution < 1.29 is 24.6 Å². The molecule has 0 radical (unpaired) electrons. The third-order valence-corrected chi connectivity index (χ3v) is 3.70. The van der Waals surface area contributed by atoms with E-state index in [9.17, 15) is 19.5 Å². The molecule has 0 saturated heterocycles. The lowest BCUT2D eigenvalue weighted by molar-refractivity contribution is -0.142. The molecule has 8 heteroatoms. The maximum atomic E-state index is 12.3. The average molecular weight is 333 g/mol. The number of carbonyl (C=O) groups is 3. The number of hydrogen-bond acceptors (Lipinski definition) is 5. The molecule has 1 heterocycles. The smallest absolute Gasteiger partial charge is 0.328 e. The second-order valence-electron chi connectivity index (χ2n) is 5.82. The fraction of sp³-hybridized carbons (Fsp3) is 0.375. The number of hydrazone groups is 1. The second-order valence-corrected chi connectivity index (χ2v) is 5.82. The number of rotatable bonds is 6. The Balaban J connectivity index is 2.22. The molecule has 1 amide bonds. The Hall–Kier alpha value is -2.90. The van der Waals surface area contributed by atoms with Gasteiger partial charge in [0.25, 0.3) is 5.91 Å². The fourth-order valence-electron chi connectivity index (χ4n) is 2.40. The van der Waals surface area contributed by atoms with Gasteiger partial charge in [0.2, 0.25) is 0 Å². The van der Waals surface area contributed by atoms with E-state index in [1.165, 1.54) is 5.01 Å². The number of benzene rings is 1. The standard InChI is InChI=1S/C16H19N3O5/c1-9(2)13(16(23)24)17-14(20)11-8-12(15(21)22)19(18-11)10-6-4-3-5-7-10/h3-7,9,12-13H,8H2,1-2H3,(H,17,20)(H,21,22)(H,23,24)/t12?,13-/m1/s1. The maximum Gasteiger partial charge on any atom is 0.328 e. The zero-order valence-electron chi connectivity index (χ0n) is 13.3. The summed E-state index contributed by atoms with van der Waals surface area (Å²) in [6.45, 7) is 3.34. The van der Waals surface area contributed by atoms with E-state index < -0.39 is 29.9 Å². The highest BCUT2D eigenvalue weighted by atomic mass is 16.4. The minimum absolute atomic E-state index is 0.00171. The molecular formula is C16H19N3O5. The summed E-state index contributed by atoms with van der Waals surface area (Å²) in [6, 6.07) is 6.57. The van der Waals surface area contributed by atoms with Crippen LogP contribution in [0.25, 0.3) is 0 Å². The van der Waals surface area contributed by atoms with E-state index in [-0.39, 0.29) is 18.1 Å². The van der Waals surface area contributed by atoms with Crippen molar-refractivity contribution in [1.82, 2.24) is 5.32 Å². The lowest BCUT2D eigenvalue weighted by Gasteiger charge is -2.19. The summed E-state index contributed by atoms with van der Waals surface area (Å²) < 4.78 is 0. The summed E-state index contributed by atoms with van der Waals surface area (Å²) >= 11 is 0. The number of nitrogens with zero attached hydrogens (tertiary/aromatic N) is 2. The van der Waals surface area contributed by atoms with E-state index in [1.807, 2.05) is 0 Å². The van der Waals surface area contributed by atoms with Gasteiger partial charge in [0.05, 0.1) is 5.69 Å². The monoisotopic (exact) mass is 333 g/mol. The zero-order chi connectivity index (χ0) is 17.9. The van der Waals surface area contributed by atoms with Crippen LogP contribution in [0.3, 0.4) is 0 Å². The van der Waals surface area contributed by atoms with E-state index in [0.717, 1.165) is 0 Å². The van der Waals surface area contributed by atoms with Gasteiger partial charge in [-0.3, -0.25) is 9.80 Å². The third kappa shape index (κ3) is 3.70. The van der Waals surface area contributed by atoms with Crippen molar-refractivity contribution in [3.8, 4) is 0 Å². The first-order valence-corrected chi connectivity index (χ1v) is 7.49. The summed E-state index contributed by atoms with van der Waals surface area (Å²) in [5.74, 6) is -3.23. The van der Waals surface area contributed by atoms with Crippen molar-refractivity contribution >= 4 is 29.2 Å². The second kappa shape index (κ2) is 7.12. The van der Waals surface area contributed by atoms with E-state index in [2.05, 4.69) is 10.4 Å². The van der Waals surface area contributed by atoms with Crippen molar-refractivity contribution in [3.63, 3.8) is 0 Å². The maximum absolute atomic E-state index is 12.3. The number of carbonyl (C=O) groups excluding carboxylic acids is 1. The predicted molar refractivity (Wildman–Crippen MR) is 86.8 cm³/mol. The lowest BCUT2D eigenvalue weighted by atomic mass is 10.0. The summed E-state index contributed by atoms with van der Waals surface area (Å²) in [7, 11) is 0. The van der Waals surface area contributed by atoms with Gasteiger partial charge < -0.3 is 15.5 Å². The van der Waals surface area contributed by atoms with Crippen molar-refractivity contribution in [2.24, 2.45) is 11.0 Å². The number of hydrogen-bond donors (Lipinski definition) is 3. The van der Waals surface area contributed by atoms with Crippen molar-refractivity contribution in [3.05, 3.63) is 30.3 Å². The van der Waals surface area contributed by atoms with E-state index >= 15 is 0 Å². The quantitative estimate of drug-likeness (QED) is 0.712. The van der Waals surface area contributed by atoms with E-state index in [4.69, 9.17) is 5.11 Å². The van der Waals surface area contributed by atoms with Crippen molar-refractivity contribution in [1.29, 1.82) is 0 Å². The highest BCUT2D eigenvalue weighted by molar-refractivity contribution is 6.40. The fourth-order valence-corrected chi connectivity index (χ4v) is 2.40. The first kappa shape index (κ1) is 17.5. The summed E-state index contributed by atoms with van der Waals surface area (Å²) in [6.07, 6.45) is -0.0967. The molecule has 1 aliphatic heterocycles. The minimum atomic E-state index is -1.15. The van der Waals surface area contributed by atoms with Crippen LogP contribution in [0, 0.1) is 5.92 Å². The molecule has 0 fully saturated rings. The molecule has 1 aromatic carbocycles. The Morgan fingerprint density at radius 3 is 2.33 bits per heavy atom. The molecule has 2 atom stereocenters. The van der Waals surface area contributed by atoms with Crippen LogP contribution in [0.1, 0.15) is 20.3 Å². The number of para-hydroxylation sites is 1. The zero-order valence-corrected chi connectivity index (χ0v) is 13.3. The Labute approximate surface area is 138 Å². The van der Waals surface area contributed by atoms with Gasteiger partial charge in [-0.2, -0.15) is 5.10 Å². The number of carboxylic acid groups (broad SMARTS) is 2. The Kier molecular flexibility index (Phi) is 5.18. The molecule has 3 N–H and O–H groups in total. The Bertz CT molecular complexity index is 672. The van der Waals surface area contributed by atoms with E-state index in [0.29, 0.717) is 5.69 Å². The van der Waals surface area contributed by atoms with Gasteiger partial charge in [0.15, 0.2) is 6.04 Å². The van der Waals surface area contributed by atoms with Crippen molar-refractivity contribution in [2.75, 3.05) is 5.01 Å². The van der Waals surface area contributed by atoms with Crippen LogP contribution in [-0.4, -0.2) is 45.9 Å². The first-order valence-electron chi connectivity index (χ1n) is 7.49. The topological polar surface area (TPSA) is 119 Å². The molecule has 0 saturated carbocycles. The van der Waals surface area contributed by atoms with Crippen LogP contribution in [0.15, 0.2) is 35.4 Å². The summed E-state index contributed by atoms with van der Waals surface area (Å²) in [4.78, 5) is 34.9. The molecule has 0 aliphatic carbocycles. The van der Waals surface area contributed by atoms with Crippen LogP contribution in [0.4, 0.5) is 5.69 Å². The van der Waals surface area contributed by atoms with Crippen LogP contribution < -0.4 is 10.3 Å². The first-order chi connectivity index (χ1) is 11.3. The van der Waals surface area contributed by atoms with Crippen LogP contribution in [-0.2, 0) is 14.4 Å². The van der Waals surface area contributed by atoms with Gasteiger partial charge >= 0.3 is 11.9 Å².